The van der Waals surface area contributed by atoms with E-state index in [4.69, 9.17) is 9.47 Å². The van der Waals surface area contributed by atoms with Crippen molar-refractivity contribution < 1.29 is 19.1 Å². The van der Waals surface area contributed by atoms with E-state index in [0.29, 0.717) is 30.7 Å². The van der Waals surface area contributed by atoms with Crippen LogP contribution in [0.5, 0.6) is 5.75 Å². The minimum absolute atomic E-state index is 0.0307. The van der Waals surface area contributed by atoms with Crippen molar-refractivity contribution in [1.82, 2.24) is 30.0 Å². The van der Waals surface area contributed by atoms with E-state index in [-0.39, 0.29) is 29.5 Å². The van der Waals surface area contributed by atoms with Gasteiger partial charge in [-0.2, -0.15) is 5.21 Å². The van der Waals surface area contributed by atoms with Crippen molar-refractivity contribution in [3.05, 3.63) is 106 Å². The van der Waals surface area contributed by atoms with Crippen molar-refractivity contribution in [2.45, 2.75) is 71.4 Å². The number of unbranched alkanes of at least 4 members (excludes halogenated alkanes) is 1. The molecule has 1 aliphatic rings. The maximum atomic E-state index is 14.3. The first-order valence-electron chi connectivity index (χ1n) is 16.2. The number of nitrogens with zero attached hydrogens (tertiary/aromatic N) is 5. The van der Waals surface area contributed by atoms with Crippen molar-refractivity contribution in [2.24, 2.45) is 0 Å². The summed E-state index contributed by atoms with van der Waals surface area (Å²) in [5.41, 5.74) is 5.45. The van der Waals surface area contributed by atoms with E-state index < -0.39 is 18.0 Å². The van der Waals surface area contributed by atoms with Gasteiger partial charge in [0.15, 0.2) is 6.04 Å². The summed E-state index contributed by atoms with van der Waals surface area (Å²) in [6, 6.07) is 21.8. The quantitative estimate of drug-likeness (QED) is 0.136. The lowest BCUT2D eigenvalue weighted by Crippen LogP contribution is -2.40. The summed E-state index contributed by atoms with van der Waals surface area (Å²) in [4.78, 5) is 40.5. The monoisotopic (exact) mass is 634 g/mol. The van der Waals surface area contributed by atoms with Gasteiger partial charge in [-0.3, -0.25) is 9.48 Å². The van der Waals surface area contributed by atoms with E-state index in [1.165, 1.54) is 0 Å². The number of para-hydroxylation sites is 1. The Labute approximate surface area is 272 Å². The average molecular weight is 635 g/mol. The van der Waals surface area contributed by atoms with Crippen LogP contribution < -0.4 is 10.3 Å². The molecule has 1 aliphatic heterocycles. The standard InChI is InChI=1S/C36H38N6O5/c1-4-6-14-30-29(22-24-17-19-25(20-18-24)26-11-7-8-12-27(26)33-37-39-40-38-33)34(43)42-31(21-16-23(3)41(30)42)36(45)47-32-15-10-9-13-28(32)35(44)46-5-2/h7-13,15,17-20,23,31H,4-6,14,16,21-22H2,1-3H3,(H,37,38,39,40). The smallest absolute Gasteiger partial charge is 0.341 e. The van der Waals surface area contributed by atoms with Crippen molar-refractivity contribution in [3.63, 3.8) is 0 Å². The van der Waals surface area contributed by atoms with Crippen molar-refractivity contribution in [1.29, 1.82) is 0 Å². The molecule has 0 spiro atoms. The topological polar surface area (TPSA) is 134 Å². The number of hydrogen-bond acceptors (Lipinski definition) is 8. The van der Waals surface area contributed by atoms with Gasteiger partial charge in [-0.05, 0) is 73.6 Å². The second kappa shape index (κ2) is 14.0. The number of tetrazole rings is 1. The molecule has 0 bridgehead atoms. The van der Waals surface area contributed by atoms with Crippen LogP contribution >= 0.6 is 0 Å². The summed E-state index contributed by atoms with van der Waals surface area (Å²) in [6.07, 6.45) is 4.20. The number of aromatic amines is 1. The Morgan fingerprint density at radius 2 is 1.68 bits per heavy atom. The van der Waals surface area contributed by atoms with Gasteiger partial charge in [0.2, 0.25) is 5.82 Å². The van der Waals surface area contributed by atoms with Crippen LogP contribution in [0.3, 0.4) is 0 Å². The molecule has 0 saturated heterocycles. The maximum absolute atomic E-state index is 14.3. The second-order valence-corrected chi connectivity index (χ2v) is 11.8. The number of aromatic nitrogens is 6. The van der Waals surface area contributed by atoms with E-state index in [1.807, 2.05) is 53.2 Å². The Morgan fingerprint density at radius 3 is 2.40 bits per heavy atom. The van der Waals surface area contributed by atoms with Crippen LogP contribution in [0.15, 0.2) is 77.6 Å². The molecule has 2 unspecified atom stereocenters. The molecule has 11 heteroatoms. The van der Waals surface area contributed by atoms with E-state index in [0.717, 1.165) is 47.2 Å². The molecular weight excluding hydrogens is 596 g/mol. The summed E-state index contributed by atoms with van der Waals surface area (Å²) >= 11 is 0. The number of rotatable bonds is 11. The zero-order valence-electron chi connectivity index (χ0n) is 26.8. The Kier molecular flexibility index (Phi) is 9.42. The van der Waals surface area contributed by atoms with Crippen LogP contribution in [0.25, 0.3) is 22.5 Å². The van der Waals surface area contributed by atoms with E-state index >= 15 is 0 Å². The van der Waals surface area contributed by atoms with Gasteiger partial charge in [0, 0.05) is 29.3 Å². The van der Waals surface area contributed by atoms with Gasteiger partial charge < -0.3 is 9.47 Å². The molecule has 0 amide bonds. The van der Waals surface area contributed by atoms with Gasteiger partial charge >= 0.3 is 11.9 Å². The van der Waals surface area contributed by atoms with Gasteiger partial charge in [0.25, 0.3) is 5.56 Å². The highest BCUT2D eigenvalue weighted by atomic mass is 16.5. The van der Waals surface area contributed by atoms with Crippen molar-refractivity contribution in [2.75, 3.05) is 6.61 Å². The summed E-state index contributed by atoms with van der Waals surface area (Å²) in [5.74, 6) is -0.507. The number of esters is 2. The second-order valence-electron chi connectivity index (χ2n) is 11.8. The van der Waals surface area contributed by atoms with Gasteiger partial charge in [-0.25, -0.2) is 14.3 Å². The lowest BCUT2D eigenvalue weighted by molar-refractivity contribution is -0.140. The predicted octanol–water partition coefficient (Wildman–Crippen LogP) is 6.11. The molecule has 0 fully saturated rings. The highest BCUT2D eigenvalue weighted by Gasteiger charge is 2.36. The van der Waals surface area contributed by atoms with Crippen molar-refractivity contribution >= 4 is 11.9 Å². The minimum atomic E-state index is -0.827. The molecule has 0 saturated carbocycles. The fourth-order valence-corrected chi connectivity index (χ4v) is 6.37. The van der Waals surface area contributed by atoms with Crippen LogP contribution in [0.4, 0.5) is 0 Å². The molecule has 1 N–H and O–H groups in total. The van der Waals surface area contributed by atoms with Crippen LogP contribution in [0.1, 0.15) is 85.7 Å². The summed E-state index contributed by atoms with van der Waals surface area (Å²) in [5, 5.41) is 14.5. The number of carbonyl (C=O) groups excluding carboxylic acids is 2. The molecule has 5 aromatic rings. The third-order valence-electron chi connectivity index (χ3n) is 8.69. The number of fused-ring (bicyclic) bond motifs is 1. The molecule has 11 nitrogen and oxygen atoms in total. The molecule has 3 aromatic carbocycles. The summed E-state index contributed by atoms with van der Waals surface area (Å²) in [7, 11) is 0. The Bertz CT molecular complexity index is 1930. The van der Waals surface area contributed by atoms with E-state index in [2.05, 4.69) is 34.5 Å². The third kappa shape index (κ3) is 6.38. The summed E-state index contributed by atoms with van der Waals surface area (Å²) < 4.78 is 14.6. The number of benzene rings is 3. The van der Waals surface area contributed by atoms with Crippen LogP contribution in [-0.2, 0) is 22.4 Å². The third-order valence-corrected chi connectivity index (χ3v) is 8.69. The molecule has 0 radical (unpaired) electrons. The number of nitrogens with one attached hydrogen (secondary N) is 1. The van der Waals surface area contributed by atoms with Crippen LogP contribution in [0, 0.1) is 0 Å². The fraction of sp³-hybridized carbons (Fsp3) is 0.333. The number of ether oxygens (including phenoxy) is 2. The predicted molar refractivity (Wildman–Crippen MR) is 176 cm³/mol. The first-order valence-corrected chi connectivity index (χ1v) is 16.2. The molecule has 242 valence electrons. The van der Waals surface area contributed by atoms with Gasteiger partial charge in [-0.1, -0.05) is 74.0 Å². The van der Waals surface area contributed by atoms with Crippen LogP contribution in [-0.4, -0.2) is 48.5 Å². The number of carbonyl (C=O) groups is 2. The van der Waals surface area contributed by atoms with Crippen molar-refractivity contribution in [3.8, 4) is 28.3 Å². The minimum Gasteiger partial charge on any atom is -0.462 e. The lowest BCUT2D eigenvalue weighted by Gasteiger charge is -2.31. The normalized spacial score (nSPS) is 15.6. The van der Waals surface area contributed by atoms with Crippen LogP contribution in [0.2, 0.25) is 0 Å². The zero-order valence-corrected chi connectivity index (χ0v) is 26.8. The first kappa shape index (κ1) is 31.7. The molecule has 47 heavy (non-hydrogen) atoms. The van der Waals surface area contributed by atoms with Gasteiger partial charge in [0.05, 0.1) is 6.61 Å². The van der Waals surface area contributed by atoms with E-state index in [9.17, 15) is 14.4 Å². The SMILES string of the molecule is CCCCc1c(Cc2ccc(-c3ccccc3-c3nn[nH]n3)cc2)c(=O)n2n1C(C)CCC2C(=O)Oc1ccccc1C(=O)OCC. The molecule has 2 aromatic heterocycles. The van der Waals surface area contributed by atoms with E-state index in [1.54, 1.807) is 35.9 Å². The average Bonchev–Trinajstić information content (AvgIpc) is 3.72. The fourth-order valence-electron chi connectivity index (χ4n) is 6.37. The highest BCUT2D eigenvalue weighted by molar-refractivity contribution is 5.93. The Balaban J connectivity index is 1.33. The Hall–Kier alpha value is -5.32. The largest absolute Gasteiger partial charge is 0.462 e. The van der Waals surface area contributed by atoms with Gasteiger partial charge in [0.1, 0.15) is 11.3 Å². The molecule has 3 heterocycles. The molecule has 0 aliphatic carbocycles. The molecule has 6 rings (SSSR count). The molecule has 2 atom stereocenters. The number of H-pyrrole nitrogens is 1. The zero-order chi connectivity index (χ0) is 32.9. The Morgan fingerprint density at radius 1 is 0.936 bits per heavy atom. The lowest BCUT2D eigenvalue weighted by atomic mass is 9.96. The first-order chi connectivity index (χ1) is 22.9. The van der Waals surface area contributed by atoms with Gasteiger partial charge in [-0.15, -0.1) is 10.2 Å². The molecular formula is C36H38N6O5. The summed E-state index contributed by atoms with van der Waals surface area (Å²) in [6.45, 7) is 6.13. The number of hydrogen-bond donors (Lipinski definition) is 1. The maximum Gasteiger partial charge on any atom is 0.341 e. The highest BCUT2D eigenvalue weighted by Crippen LogP contribution is 2.34.